The first-order valence-corrected chi connectivity index (χ1v) is 12.6. The molecule has 1 saturated heterocycles. The summed E-state index contributed by atoms with van der Waals surface area (Å²) in [7, 11) is -16.9. The van der Waals surface area contributed by atoms with Crippen LogP contribution < -0.4 is 5.56 Å². The lowest BCUT2D eigenvalue weighted by atomic mass is 9.95. The van der Waals surface area contributed by atoms with Crippen LogP contribution in [-0.2, 0) is 31.6 Å². The van der Waals surface area contributed by atoms with Gasteiger partial charge in [-0.2, -0.15) is 8.62 Å². The van der Waals surface area contributed by atoms with Crippen molar-refractivity contribution in [2.45, 2.75) is 24.0 Å². The van der Waals surface area contributed by atoms with E-state index in [0.29, 0.717) is 0 Å². The summed E-state index contributed by atoms with van der Waals surface area (Å²) in [6.45, 7) is -2.76. The molecule has 3 unspecified atom stereocenters. The van der Waals surface area contributed by atoms with E-state index in [1.807, 2.05) is 0 Å². The number of alkyl halides is 1. The quantitative estimate of drug-likeness (QED) is 0.152. The number of halogens is 1. The third-order valence-corrected chi connectivity index (χ3v) is 7.85. The van der Waals surface area contributed by atoms with Crippen molar-refractivity contribution in [2.75, 3.05) is 13.3 Å². The third kappa shape index (κ3) is 6.66. The second-order valence-electron chi connectivity index (χ2n) is 6.00. The van der Waals surface area contributed by atoms with Gasteiger partial charge in [0.15, 0.2) is 16.6 Å². The highest BCUT2D eigenvalue weighted by molar-refractivity contribution is 7.71. The molecule has 6 atom stereocenters. The lowest BCUT2D eigenvalue weighted by Crippen LogP contribution is -2.49. The van der Waals surface area contributed by atoms with E-state index in [9.17, 15) is 38.0 Å². The SMILES string of the molecule is O=c1ccn([C@@H]2O[C@H](COP(=O)(O)OP(=O)(O)OP(=O)(O)O)C(O)[C@]2(O)CF)c(=S)[nH]1. The standard InChI is InChI=1S/C10H16FN2O14P3S/c11-4-10(16)7(15)5(25-8(10)13-2-1-6(14)12-9(13)31)3-24-29(20,21)27-30(22,23)26-28(17,18)19/h1-2,5,7-8,15-16H,3-4H2,(H,20,21)(H,22,23)(H,12,14,31)(H2,17,18,19)/t5-,7?,8-,10-/m1/s1. The van der Waals surface area contributed by atoms with Crippen molar-refractivity contribution >= 4 is 35.7 Å². The largest absolute Gasteiger partial charge is 0.490 e. The van der Waals surface area contributed by atoms with E-state index in [2.05, 4.69) is 18.1 Å². The summed E-state index contributed by atoms with van der Waals surface area (Å²) < 4.78 is 64.3. The van der Waals surface area contributed by atoms with Crippen LogP contribution in [0.5, 0.6) is 0 Å². The summed E-state index contributed by atoms with van der Waals surface area (Å²) in [5, 5.41) is 20.7. The van der Waals surface area contributed by atoms with E-state index in [0.717, 1.165) is 16.8 Å². The van der Waals surface area contributed by atoms with Crippen LogP contribution in [0.3, 0.4) is 0 Å². The number of nitrogens with zero attached hydrogens (tertiary/aromatic N) is 1. The van der Waals surface area contributed by atoms with Crippen molar-refractivity contribution in [3.8, 4) is 0 Å². The Hall–Kier alpha value is -0.680. The number of rotatable bonds is 9. The van der Waals surface area contributed by atoms with Crippen LogP contribution in [0.15, 0.2) is 17.1 Å². The van der Waals surface area contributed by atoms with Gasteiger partial charge in [-0.05, 0) is 12.2 Å². The van der Waals surface area contributed by atoms with Gasteiger partial charge in [0.25, 0.3) is 5.56 Å². The molecule has 1 aliphatic heterocycles. The van der Waals surface area contributed by atoms with E-state index in [1.165, 1.54) is 0 Å². The molecule has 1 aromatic heterocycles. The molecule has 0 bridgehead atoms. The van der Waals surface area contributed by atoms with Crippen molar-refractivity contribution in [1.29, 1.82) is 0 Å². The van der Waals surface area contributed by atoms with E-state index in [4.69, 9.17) is 31.6 Å². The number of aliphatic hydroxyl groups excluding tert-OH is 1. The van der Waals surface area contributed by atoms with E-state index in [1.54, 1.807) is 0 Å². The average Bonchev–Trinajstić information content (AvgIpc) is 2.82. The first-order chi connectivity index (χ1) is 14.0. The average molecular weight is 532 g/mol. The summed E-state index contributed by atoms with van der Waals surface area (Å²) in [5.74, 6) is 0. The normalized spacial score (nSPS) is 30.6. The Morgan fingerprint density at radius 1 is 1.23 bits per heavy atom. The van der Waals surface area contributed by atoms with Gasteiger partial charge in [-0.25, -0.2) is 18.1 Å². The number of hydrogen-bond acceptors (Lipinski definition) is 11. The molecule has 2 rings (SSSR count). The zero-order valence-corrected chi connectivity index (χ0v) is 18.3. The van der Waals surface area contributed by atoms with Crippen LogP contribution >= 0.6 is 35.7 Å². The third-order valence-electron chi connectivity index (χ3n) is 3.73. The van der Waals surface area contributed by atoms with Crippen LogP contribution in [0.25, 0.3) is 0 Å². The second-order valence-corrected chi connectivity index (χ2v) is 10.8. The Bertz CT molecular complexity index is 1070. The van der Waals surface area contributed by atoms with E-state index in [-0.39, 0.29) is 4.77 Å². The molecule has 1 aliphatic rings. The first-order valence-electron chi connectivity index (χ1n) is 7.71. The molecule has 0 radical (unpaired) electrons. The molecule has 31 heavy (non-hydrogen) atoms. The number of nitrogens with one attached hydrogen (secondary N) is 1. The fourth-order valence-corrected chi connectivity index (χ4v) is 5.78. The van der Waals surface area contributed by atoms with Crippen molar-refractivity contribution < 1.29 is 65.8 Å². The minimum atomic E-state index is -5.78. The molecule has 178 valence electrons. The number of ether oxygens (including phenoxy) is 1. The van der Waals surface area contributed by atoms with Crippen molar-refractivity contribution in [3.05, 3.63) is 27.4 Å². The van der Waals surface area contributed by atoms with Crippen LogP contribution in [0, 0.1) is 4.77 Å². The molecule has 16 nitrogen and oxygen atoms in total. The maximum Gasteiger partial charge on any atom is 0.490 e. The molecule has 0 aromatic carbocycles. The van der Waals surface area contributed by atoms with Gasteiger partial charge in [-0.15, -0.1) is 0 Å². The molecular formula is C10H16FN2O14P3S. The predicted molar refractivity (Wildman–Crippen MR) is 96.5 cm³/mol. The van der Waals surface area contributed by atoms with Gasteiger partial charge in [-0.1, -0.05) is 0 Å². The summed E-state index contributed by atoms with van der Waals surface area (Å²) >= 11 is 4.87. The molecule has 2 heterocycles. The highest BCUT2D eigenvalue weighted by Crippen LogP contribution is 2.66. The molecular weight excluding hydrogens is 516 g/mol. The molecule has 0 saturated carbocycles. The Labute approximate surface area is 176 Å². The lowest BCUT2D eigenvalue weighted by Gasteiger charge is -2.29. The molecule has 7 N–H and O–H groups in total. The van der Waals surface area contributed by atoms with Crippen molar-refractivity contribution in [2.24, 2.45) is 0 Å². The van der Waals surface area contributed by atoms with Crippen molar-refractivity contribution in [3.63, 3.8) is 0 Å². The monoisotopic (exact) mass is 532 g/mol. The highest BCUT2D eigenvalue weighted by atomic mass is 32.1. The lowest BCUT2D eigenvalue weighted by molar-refractivity contribution is -0.120. The number of aromatic nitrogens is 2. The van der Waals surface area contributed by atoms with Crippen LogP contribution in [-0.4, -0.2) is 70.4 Å². The summed E-state index contributed by atoms with van der Waals surface area (Å²) in [5.41, 5.74) is -3.30. The predicted octanol–water partition coefficient (Wildman–Crippen LogP) is -0.792. The fraction of sp³-hybridized carbons (Fsp3) is 0.600. The number of aliphatic hydroxyl groups is 2. The second kappa shape index (κ2) is 9.29. The minimum absolute atomic E-state index is 0.329. The van der Waals surface area contributed by atoms with Crippen LogP contribution in [0.1, 0.15) is 6.23 Å². The van der Waals surface area contributed by atoms with Gasteiger partial charge < -0.3 is 34.5 Å². The zero-order valence-electron chi connectivity index (χ0n) is 14.8. The molecule has 21 heteroatoms. The van der Waals surface area contributed by atoms with Gasteiger partial charge in [0.05, 0.1) is 6.61 Å². The summed E-state index contributed by atoms with van der Waals surface area (Å²) in [4.78, 5) is 48.9. The molecule has 1 fully saturated rings. The molecule has 0 amide bonds. The number of hydrogen-bond donors (Lipinski definition) is 7. The van der Waals surface area contributed by atoms with Crippen molar-refractivity contribution in [1.82, 2.24) is 9.55 Å². The Morgan fingerprint density at radius 3 is 2.35 bits per heavy atom. The smallest absolute Gasteiger partial charge is 0.387 e. The topological polar surface area (TPSA) is 247 Å². The Balaban J connectivity index is 2.18. The number of phosphoric ester groups is 1. The van der Waals surface area contributed by atoms with Gasteiger partial charge in [0.2, 0.25) is 0 Å². The van der Waals surface area contributed by atoms with Crippen LogP contribution in [0.4, 0.5) is 4.39 Å². The number of phosphoric acid groups is 3. The Kier molecular flexibility index (Phi) is 7.96. The highest BCUT2D eigenvalue weighted by Gasteiger charge is 2.57. The van der Waals surface area contributed by atoms with Gasteiger partial charge in [0.1, 0.15) is 18.9 Å². The number of H-pyrrole nitrogens is 1. The number of aromatic amines is 1. The molecule has 0 aliphatic carbocycles. The van der Waals surface area contributed by atoms with E-state index < -0.39 is 66.3 Å². The maximum absolute atomic E-state index is 13.6. The van der Waals surface area contributed by atoms with Gasteiger partial charge in [0, 0.05) is 12.3 Å². The van der Waals surface area contributed by atoms with Gasteiger partial charge >= 0.3 is 23.5 Å². The maximum atomic E-state index is 13.6. The first kappa shape index (κ1) is 26.6. The summed E-state index contributed by atoms with van der Waals surface area (Å²) in [6, 6.07) is 0.948. The van der Waals surface area contributed by atoms with E-state index >= 15 is 0 Å². The molecule has 1 aromatic rings. The zero-order chi connectivity index (χ0) is 23.8. The Morgan fingerprint density at radius 2 is 1.84 bits per heavy atom. The van der Waals surface area contributed by atoms with Gasteiger partial charge in [-0.3, -0.25) is 18.9 Å². The summed E-state index contributed by atoms with van der Waals surface area (Å²) in [6.07, 6.45) is -4.58. The van der Waals surface area contributed by atoms with Crippen LogP contribution in [0.2, 0.25) is 0 Å². The molecule has 0 spiro atoms. The minimum Gasteiger partial charge on any atom is -0.387 e. The fourth-order valence-electron chi connectivity index (χ4n) is 2.49.